The summed E-state index contributed by atoms with van der Waals surface area (Å²) in [5, 5.41) is 10.5. The van der Waals surface area contributed by atoms with Gasteiger partial charge in [-0.05, 0) is 30.7 Å². The highest BCUT2D eigenvalue weighted by molar-refractivity contribution is 5.35. The third-order valence-electron chi connectivity index (χ3n) is 3.48. The molecule has 0 bridgehead atoms. The molecule has 3 nitrogen and oxygen atoms in total. The maximum Gasteiger partial charge on any atom is 0.219 e. The van der Waals surface area contributed by atoms with Crippen LogP contribution in [0.3, 0.4) is 0 Å². The predicted octanol–water partition coefficient (Wildman–Crippen LogP) is 4.26. The van der Waals surface area contributed by atoms with E-state index in [0.717, 1.165) is 22.6 Å². The van der Waals surface area contributed by atoms with Crippen molar-refractivity contribution >= 4 is 0 Å². The van der Waals surface area contributed by atoms with Crippen molar-refractivity contribution < 1.29 is 9.84 Å². The van der Waals surface area contributed by atoms with Gasteiger partial charge in [0.1, 0.15) is 11.9 Å². The molecule has 0 fully saturated rings. The summed E-state index contributed by atoms with van der Waals surface area (Å²) in [5.74, 6) is 1.26. The highest BCUT2D eigenvalue weighted by atomic mass is 16.5. The third-order valence-corrected chi connectivity index (χ3v) is 3.48. The summed E-state index contributed by atoms with van der Waals surface area (Å²) in [6.07, 6.45) is -0.681. The van der Waals surface area contributed by atoms with Gasteiger partial charge in [-0.1, -0.05) is 48.5 Å². The van der Waals surface area contributed by atoms with E-state index >= 15 is 0 Å². The molecule has 110 valence electrons. The average Bonchev–Trinajstić information content (AvgIpc) is 2.56. The molecule has 1 heterocycles. The summed E-state index contributed by atoms with van der Waals surface area (Å²) in [4.78, 5) is 4.43. The Bertz CT molecular complexity index is 742. The zero-order valence-corrected chi connectivity index (χ0v) is 12.3. The Morgan fingerprint density at radius 3 is 2.14 bits per heavy atom. The second kappa shape index (κ2) is 6.41. The number of nitrogens with zero attached hydrogens (tertiary/aromatic N) is 1. The van der Waals surface area contributed by atoms with Gasteiger partial charge in [0.2, 0.25) is 5.88 Å². The molecule has 3 heteroatoms. The number of para-hydroxylation sites is 1. The average molecular weight is 291 g/mol. The maximum absolute atomic E-state index is 10.5. The Hall–Kier alpha value is -2.65. The van der Waals surface area contributed by atoms with Crippen LogP contribution in [-0.2, 0) is 0 Å². The van der Waals surface area contributed by atoms with Gasteiger partial charge < -0.3 is 9.84 Å². The molecule has 3 rings (SSSR count). The van der Waals surface area contributed by atoms with E-state index in [-0.39, 0.29) is 0 Å². The first-order valence-electron chi connectivity index (χ1n) is 7.17. The topological polar surface area (TPSA) is 42.4 Å². The van der Waals surface area contributed by atoms with Crippen LogP contribution < -0.4 is 4.74 Å². The van der Waals surface area contributed by atoms with Crippen LogP contribution in [0.2, 0.25) is 0 Å². The van der Waals surface area contributed by atoms with E-state index in [4.69, 9.17) is 4.74 Å². The Labute approximate surface area is 129 Å². The van der Waals surface area contributed by atoms with Gasteiger partial charge in [0, 0.05) is 17.3 Å². The zero-order chi connectivity index (χ0) is 15.4. The number of rotatable bonds is 4. The minimum atomic E-state index is -0.681. The lowest BCUT2D eigenvalue weighted by Gasteiger charge is -2.14. The van der Waals surface area contributed by atoms with E-state index in [1.807, 2.05) is 73.7 Å². The van der Waals surface area contributed by atoms with Crippen LogP contribution in [0, 0.1) is 6.92 Å². The van der Waals surface area contributed by atoms with Crippen LogP contribution in [0.1, 0.15) is 22.9 Å². The van der Waals surface area contributed by atoms with Gasteiger partial charge in [-0.2, -0.15) is 0 Å². The molecule has 0 aliphatic carbocycles. The number of hydrogen-bond donors (Lipinski definition) is 1. The van der Waals surface area contributed by atoms with Gasteiger partial charge in [-0.15, -0.1) is 0 Å². The van der Waals surface area contributed by atoms with Crippen molar-refractivity contribution in [2.24, 2.45) is 0 Å². The van der Waals surface area contributed by atoms with Crippen LogP contribution in [0.4, 0.5) is 0 Å². The summed E-state index contributed by atoms with van der Waals surface area (Å²) in [6, 6.07) is 22.7. The molecule has 2 aromatic carbocycles. The van der Waals surface area contributed by atoms with Crippen LogP contribution in [0.25, 0.3) is 0 Å². The molecular formula is C19H17NO2. The first-order chi connectivity index (χ1) is 10.7. The van der Waals surface area contributed by atoms with Gasteiger partial charge in [-0.25, -0.2) is 4.98 Å². The minimum Gasteiger partial charge on any atom is -0.439 e. The number of aromatic nitrogens is 1. The Kier molecular flexibility index (Phi) is 4.17. The number of pyridine rings is 1. The van der Waals surface area contributed by atoms with Crippen molar-refractivity contribution in [2.75, 3.05) is 0 Å². The molecule has 0 aliphatic heterocycles. The highest BCUT2D eigenvalue weighted by Gasteiger charge is 2.14. The van der Waals surface area contributed by atoms with Crippen LogP contribution in [-0.4, -0.2) is 10.1 Å². The summed E-state index contributed by atoms with van der Waals surface area (Å²) in [6.45, 7) is 1.87. The Balaban J connectivity index is 1.83. The molecule has 0 saturated heterocycles. The van der Waals surface area contributed by atoms with Crippen molar-refractivity contribution in [2.45, 2.75) is 13.0 Å². The molecule has 0 saturated carbocycles. The molecule has 3 aromatic rings. The minimum absolute atomic E-state index is 0.521. The van der Waals surface area contributed by atoms with Crippen LogP contribution in [0.5, 0.6) is 11.6 Å². The van der Waals surface area contributed by atoms with Crippen molar-refractivity contribution in [1.29, 1.82) is 0 Å². The van der Waals surface area contributed by atoms with Gasteiger partial charge in [0.05, 0.1) is 0 Å². The maximum atomic E-state index is 10.5. The molecule has 0 aliphatic rings. The van der Waals surface area contributed by atoms with Crippen molar-refractivity contribution in [3.05, 3.63) is 89.6 Å². The monoisotopic (exact) mass is 291 g/mol. The van der Waals surface area contributed by atoms with Crippen molar-refractivity contribution in [3.8, 4) is 11.6 Å². The predicted molar refractivity (Wildman–Crippen MR) is 86.0 cm³/mol. The van der Waals surface area contributed by atoms with E-state index in [9.17, 15) is 5.11 Å². The number of hydrogen-bond acceptors (Lipinski definition) is 3. The molecular weight excluding hydrogens is 274 g/mol. The Morgan fingerprint density at radius 2 is 1.50 bits per heavy atom. The number of ether oxygens (including phenoxy) is 1. The smallest absolute Gasteiger partial charge is 0.219 e. The number of benzene rings is 2. The Morgan fingerprint density at radius 1 is 0.864 bits per heavy atom. The fraction of sp³-hybridized carbons (Fsp3) is 0.105. The van der Waals surface area contributed by atoms with Crippen LogP contribution in [0.15, 0.2) is 72.8 Å². The number of aliphatic hydroxyl groups excluding tert-OH is 1. The van der Waals surface area contributed by atoms with E-state index in [1.54, 1.807) is 6.07 Å². The molecule has 1 aromatic heterocycles. The number of aryl methyl sites for hydroxylation is 1. The van der Waals surface area contributed by atoms with Gasteiger partial charge >= 0.3 is 0 Å². The summed E-state index contributed by atoms with van der Waals surface area (Å²) in [7, 11) is 0. The lowest BCUT2D eigenvalue weighted by atomic mass is 10.0. The molecule has 1 atom stereocenters. The standard InChI is InChI=1S/C19H17NO2/c1-14-17(19(21)15-8-4-2-5-9-15)12-13-18(20-14)22-16-10-6-3-7-11-16/h2-13,19,21H,1H3. The lowest BCUT2D eigenvalue weighted by molar-refractivity contribution is 0.219. The lowest BCUT2D eigenvalue weighted by Crippen LogP contribution is -2.04. The number of aliphatic hydroxyl groups is 1. The SMILES string of the molecule is Cc1nc(Oc2ccccc2)ccc1C(O)c1ccccc1. The van der Waals surface area contributed by atoms with E-state index in [0.29, 0.717) is 5.88 Å². The van der Waals surface area contributed by atoms with E-state index < -0.39 is 6.10 Å². The normalized spacial score (nSPS) is 11.9. The molecule has 0 spiro atoms. The third kappa shape index (κ3) is 3.15. The first-order valence-corrected chi connectivity index (χ1v) is 7.17. The highest BCUT2D eigenvalue weighted by Crippen LogP contribution is 2.27. The van der Waals surface area contributed by atoms with Gasteiger partial charge in [0.15, 0.2) is 0 Å². The zero-order valence-electron chi connectivity index (χ0n) is 12.3. The van der Waals surface area contributed by atoms with Crippen molar-refractivity contribution in [1.82, 2.24) is 4.98 Å². The second-order valence-corrected chi connectivity index (χ2v) is 5.05. The molecule has 1 N–H and O–H groups in total. The second-order valence-electron chi connectivity index (χ2n) is 5.05. The van der Waals surface area contributed by atoms with Gasteiger partial charge in [-0.3, -0.25) is 0 Å². The fourth-order valence-electron chi connectivity index (χ4n) is 2.32. The van der Waals surface area contributed by atoms with Crippen LogP contribution >= 0.6 is 0 Å². The van der Waals surface area contributed by atoms with Gasteiger partial charge in [0.25, 0.3) is 0 Å². The summed E-state index contributed by atoms with van der Waals surface area (Å²) in [5.41, 5.74) is 2.39. The fourth-order valence-corrected chi connectivity index (χ4v) is 2.32. The molecule has 1 unspecified atom stereocenters. The summed E-state index contributed by atoms with van der Waals surface area (Å²) < 4.78 is 5.71. The molecule has 0 amide bonds. The van der Waals surface area contributed by atoms with E-state index in [2.05, 4.69) is 4.98 Å². The van der Waals surface area contributed by atoms with Crippen molar-refractivity contribution in [3.63, 3.8) is 0 Å². The molecule has 0 radical (unpaired) electrons. The quantitative estimate of drug-likeness (QED) is 0.780. The largest absolute Gasteiger partial charge is 0.439 e. The first kappa shape index (κ1) is 14.3. The molecule has 22 heavy (non-hydrogen) atoms. The summed E-state index contributed by atoms with van der Waals surface area (Å²) >= 11 is 0. The van der Waals surface area contributed by atoms with E-state index in [1.165, 1.54) is 0 Å².